The number of amides is 1. The number of nitrogens with one attached hydrogen (secondary N) is 1. The van der Waals surface area contributed by atoms with Crippen LogP contribution in [0.25, 0.3) is 0 Å². The first-order valence-electron chi connectivity index (χ1n) is 9.88. The molecule has 3 heteroatoms. The van der Waals surface area contributed by atoms with E-state index in [1.54, 1.807) is 0 Å². The number of piperidine rings is 1. The van der Waals surface area contributed by atoms with Crippen LogP contribution in [-0.2, 0) is 11.2 Å². The molecule has 2 fully saturated rings. The zero-order valence-electron chi connectivity index (χ0n) is 14.9. The summed E-state index contributed by atoms with van der Waals surface area (Å²) in [7, 11) is 0. The highest BCUT2D eigenvalue weighted by atomic mass is 16.1. The summed E-state index contributed by atoms with van der Waals surface area (Å²) in [6, 6.07) is 11.4. The normalized spacial score (nSPS) is 23.6. The number of rotatable bonds is 5. The van der Waals surface area contributed by atoms with E-state index >= 15 is 0 Å². The molecule has 0 bridgehead atoms. The number of likely N-dealkylation sites (tertiary alicyclic amines) is 1. The molecule has 1 atom stereocenters. The van der Waals surface area contributed by atoms with Gasteiger partial charge < -0.3 is 5.32 Å². The molecular weight excluding hydrogens is 296 g/mol. The van der Waals surface area contributed by atoms with Crippen LogP contribution in [0, 0.1) is 0 Å². The molecule has 1 aromatic carbocycles. The summed E-state index contributed by atoms with van der Waals surface area (Å²) in [4.78, 5) is 15.0. The van der Waals surface area contributed by atoms with Gasteiger partial charge in [-0.3, -0.25) is 9.69 Å². The van der Waals surface area contributed by atoms with Crippen LogP contribution in [-0.4, -0.2) is 36.0 Å². The SMILES string of the molecule is O=C(CCc1ccccc1)N[C@H]1CCCN(C2CCCCCC2)C1. The van der Waals surface area contributed by atoms with Gasteiger partial charge in [0.1, 0.15) is 0 Å². The summed E-state index contributed by atoms with van der Waals surface area (Å²) in [6.07, 6.45) is 12.1. The van der Waals surface area contributed by atoms with Crippen LogP contribution in [0.15, 0.2) is 30.3 Å². The lowest BCUT2D eigenvalue weighted by Crippen LogP contribution is -2.50. The van der Waals surface area contributed by atoms with Crippen LogP contribution in [0.5, 0.6) is 0 Å². The number of aryl methyl sites for hydroxylation is 1. The Hall–Kier alpha value is -1.35. The molecule has 1 saturated carbocycles. The van der Waals surface area contributed by atoms with Crippen molar-refractivity contribution in [2.45, 2.75) is 76.3 Å². The molecule has 24 heavy (non-hydrogen) atoms. The highest BCUT2D eigenvalue weighted by Gasteiger charge is 2.27. The summed E-state index contributed by atoms with van der Waals surface area (Å²) in [5.74, 6) is 0.214. The van der Waals surface area contributed by atoms with E-state index in [9.17, 15) is 4.79 Å². The lowest BCUT2D eigenvalue weighted by atomic mass is 9.99. The van der Waals surface area contributed by atoms with E-state index in [1.807, 2.05) is 18.2 Å². The Labute approximate surface area is 146 Å². The molecule has 1 saturated heterocycles. The third-order valence-electron chi connectivity index (χ3n) is 5.64. The van der Waals surface area contributed by atoms with Gasteiger partial charge >= 0.3 is 0 Å². The third-order valence-corrected chi connectivity index (χ3v) is 5.64. The minimum Gasteiger partial charge on any atom is -0.352 e. The van der Waals surface area contributed by atoms with Crippen LogP contribution >= 0.6 is 0 Å². The number of hydrogen-bond donors (Lipinski definition) is 1. The lowest BCUT2D eigenvalue weighted by Gasteiger charge is -2.38. The average Bonchev–Trinajstić information content (AvgIpc) is 2.91. The molecule has 0 unspecified atom stereocenters. The minimum atomic E-state index is 0.214. The second-order valence-corrected chi connectivity index (χ2v) is 7.53. The molecule has 1 aliphatic carbocycles. The summed E-state index contributed by atoms with van der Waals surface area (Å²) < 4.78 is 0. The molecule has 1 aromatic rings. The molecule has 1 aliphatic heterocycles. The largest absolute Gasteiger partial charge is 0.352 e. The minimum absolute atomic E-state index is 0.214. The van der Waals surface area contributed by atoms with E-state index in [1.165, 1.54) is 57.1 Å². The van der Waals surface area contributed by atoms with Gasteiger partial charge in [-0.2, -0.15) is 0 Å². The smallest absolute Gasteiger partial charge is 0.220 e. The fourth-order valence-corrected chi connectivity index (χ4v) is 4.28. The Bertz CT molecular complexity index is 494. The predicted molar refractivity (Wildman–Crippen MR) is 99.0 cm³/mol. The molecule has 132 valence electrons. The van der Waals surface area contributed by atoms with Crippen molar-refractivity contribution in [3.63, 3.8) is 0 Å². The van der Waals surface area contributed by atoms with E-state index in [0.717, 1.165) is 25.4 Å². The number of carbonyl (C=O) groups is 1. The Morgan fingerprint density at radius 2 is 1.75 bits per heavy atom. The summed E-state index contributed by atoms with van der Waals surface area (Å²) in [6.45, 7) is 2.28. The van der Waals surface area contributed by atoms with E-state index in [2.05, 4.69) is 22.3 Å². The van der Waals surface area contributed by atoms with E-state index in [0.29, 0.717) is 12.5 Å². The molecule has 1 heterocycles. The first-order valence-corrected chi connectivity index (χ1v) is 9.88. The van der Waals surface area contributed by atoms with E-state index in [4.69, 9.17) is 0 Å². The molecule has 3 nitrogen and oxygen atoms in total. The van der Waals surface area contributed by atoms with Gasteiger partial charge in [-0.15, -0.1) is 0 Å². The highest BCUT2D eigenvalue weighted by Crippen LogP contribution is 2.24. The second-order valence-electron chi connectivity index (χ2n) is 7.53. The second kappa shape index (κ2) is 9.22. The van der Waals surface area contributed by atoms with Crippen molar-refractivity contribution < 1.29 is 4.79 Å². The zero-order valence-corrected chi connectivity index (χ0v) is 14.9. The number of hydrogen-bond acceptors (Lipinski definition) is 2. The monoisotopic (exact) mass is 328 g/mol. The van der Waals surface area contributed by atoms with Gasteiger partial charge in [-0.1, -0.05) is 56.0 Å². The summed E-state index contributed by atoms with van der Waals surface area (Å²) in [5.41, 5.74) is 1.25. The van der Waals surface area contributed by atoms with Crippen LogP contribution in [0.3, 0.4) is 0 Å². The van der Waals surface area contributed by atoms with Gasteiger partial charge in [0.25, 0.3) is 0 Å². The highest BCUT2D eigenvalue weighted by molar-refractivity contribution is 5.76. The predicted octanol–water partition coefficient (Wildman–Crippen LogP) is 3.92. The maximum atomic E-state index is 12.3. The molecule has 0 spiro atoms. The third kappa shape index (κ3) is 5.34. The van der Waals surface area contributed by atoms with Crippen molar-refractivity contribution in [1.82, 2.24) is 10.2 Å². The Morgan fingerprint density at radius 3 is 2.50 bits per heavy atom. The first kappa shape index (κ1) is 17.5. The van der Waals surface area contributed by atoms with Crippen LogP contribution in [0.4, 0.5) is 0 Å². The molecule has 2 aliphatic rings. The summed E-state index contributed by atoms with van der Waals surface area (Å²) >= 11 is 0. The fourth-order valence-electron chi connectivity index (χ4n) is 4.28. The van der Waals surface area contributed by atoms with Gasteiger partial charge in [0, 0.05) is 25.0 Å². The van der Waals surface area contributed by atoms with Gasteiger partial charge in [0.2, 0.25) is 5.91 Å². The molecule has 1 N–H and O–H groups in total. The van der Waals surface area contributed by atoms with E-state index in [-0.39, 0.29) is 5.91 Å². The quantitative estimate of drug-likeness (QED) is 0.831. The number of nitrogens with zero attached hydrogens (tertiary/aromatic N) is 1. The van der Waals surface area contributed by atoms with Gasteiger partial charge in [0.05, 0.1) is 0 Å². The molecule has 0 aromatic heterocycles. The lowest BCUT2D eigenvalue weighted by molar-refractivity contribution is -0.122. The van der Waals surface area contributed by atoms with Gasteiger partial charge in [-0.05, 0) is 44.2 Å². The van der Waals surface area contributed by atoms with Crippen molar-refractivity contribution in [3.8, 4) is 0 Å². The zero-order chi connectivity index (χ0) is 16.6. The molecule has 0 radical (unpaired) electrons. The van der Waals surface area contributed by atoms with Crippen LogP contribution in [0.1, 0.15) is 63.4 Å². The maximum Gasteiger partial charge on any atom is 0.220 e. The van der Waals surface area contributed by atoms with E-state index < -0.39 is 0 Å². The number of benzene rings is 1. The Kier molecular flexibility index (Phi) is 6.71. The van der Waals surface area contributed by atoms with Gasteiger partial charge in [-0.25, -0.2) is 0 Å². The Morgan fingerprint density at radius 1 is 1.00 bits per heavy atom. The van der Waals surface area contributed by atoms with Crippen molar-refractivity contribution >= 4 is 5.91 Å². The van der Waals surface area contributed by atoms with Gasteiger partial charge in [0.15, 0.2) is 0 Å². The maximum absolute atomic E-state index is 12.3. The summed E-state index contributed by atoms with van der Waals surface area (Å²) in [5, 5.41) is 3.29. The Balaban J connectivity index is 1.43. The van der Waals surface area contributed by atoms with Crippen LogP contribution < -0.4 is 5.32 Å². The molecule has 3 rings (SSSR count). The van der Waals surface area contributed by atoms with Crippen molar-refractivity contribution in [2.24, 2.45) is 0 Å². The average molecular weight is 329 g/mol. The fraction of sp³-hybridized carbons (Fsp3) is 0.667. The molecular formula is C21H32N2O. The first-order chi connectivity index (χ1) is 11.8. The van der Waals surface area contributed by atoms with Crippen molar-refractivity contribution in [3.05, 3.63) is 35.9 Å². The van der Waals surface area contributed by atoms with Crippen molar-refractivity contribution in [1.29, 1.82) is 0 Å². The molecule has 1 amide bonds. The van der Waals surface area contributed by atoms with Crippen LogP contribution in [0.2, 0.25) is 0 Å². The standard InChI is InChI=1S/C21H32N2O/c24-21(15-14-18-9-4-3-5-10-18)22-19-11-8-16-23(17-19)20-12-6-1-2-7-13-20/h3-5,9-10,19-20H,1-2,6-8,11-17H2,(H,22,24)/t19-/m0/s1. The van der Waals surface area contributed by atoms with Crippen molar-refractivity contribution in [2.75, 3.05) is 13.1 Å². The number of carbonyl (C=O) groups excluding carboxylic acids is 1. The topological polar surface area (TPSA) is 32.3 Å².